The van der Waals surface area contributed by atoms with E-state index in [1.807, 2.05) is 18.2 Å². The van der Waals surface area contributed by atoms with Gasteiger partial charge in [-0.3, -0.25) is 9.36 Å². The number of hydrogen-bond acceptors (Lipinski definition) is 2. The van der Waals surface area contributed by atoms with Gasteiger partial charge in [0.1, 0.15) is 5.82 Å². The maximum Gasteiger partial charge on any atom is 0.262 e. The highest BCUT2D eigenvalue weighted by Crippen LogP contribution is 2.09. The molecule has 1 aromatic heterocycles. The second kappa shape index (κ2) is 5.61. The fourth-order valence-corrected chi connectivity index (χ4v) is 2.62. The van der Waals surface area contributed by atoms with Gasteiger partial charge in [0, 0.05) is 6.54 Å². The number of para-hydroxylation sites is 1. The van der Waals surface area contributed by atoms with E-state index in [2.05, 4.69) is 4.98 Å². The molecule has 3 rings (SSSR count). The largest absolute Gasteiger partial charge is 0.332 e. The molecule has 5 heteroatoms. The number of fused-ring (bicyclic) bond motifs is 1. The van der Waals surface area contributed by atoms with Crippen molar-refractivity contribution >= 4 is 23.1 Å². The Hall–Kier alpha value is -2.27. The molecular formula is C16H13FN2OS. The minimum Gasteiger partial charge on any atom is -0.332 e. The van der Waals surface area contributed by atoms with Gasteiger partial charge in [-0.1, -0.05) is 30.3 Å². The van der Waals surface area contributed by atoms with E-state index in [-0.39, 0.29) is 11.4 Å². The number of nitrogens with one attached hydrogen (secondary N) is 1. The summed E-state index contributed by atoms with van der Waals surface area (Å²) in [7, 11) is 0. The summed E-state index contributed by atoms with van der Waals surface area (Å²) in [4.78, 5) is 15.5. The summed E-state index contributed by atoms with van der Waals surface area (Å²) >= 11 is 5.23. The number of halogens is 1. The van der Waals surface area contributed by atoms with E-state index in [1.54, 1.807) is 24.3 Å². The molecule has 0 saturated heterocycles. The molecule has 21 heavy (non-hydrogen) atoms. The normalized spacial score (nSPS) is 10.9. The third kappa shape index (κ3) is 2.64. The Balaban J connectivity index is 2.00. The lowest BCUT2D eigenvalue weighted by molar-refractivity contribution is 0.585. The van der Waals surface area contributed by atoms with Crippen molar-refractivity contribution in [1.82, 2.24) is 9.55 Å². The Morgan fingerprint density at radius 1 is 1.10 bits per heavy atom. The van der Waals surface area contributed by atoms with Gasteiger partial charge in [-0.15, -0.1) is 0 Å². The van der Waals surface area contributed by atoms with Crippen LogP contribution in [0.4, 0.5) is 4.39 Å². The van der Waals surface area contributed by atoms with Crippen LogP contribution >= 0.6 is 12.2 Å². The fourth-order valence-electron chi connectivity index (χ4n) is 2.34. The molecule has 0 saturated carbocycles. The standard InChI is InChI=1S/C16H13FN2OS/c17-13-7-3-1-5-11(13)9-10-19-15(20)12-6-2-4-8-14(12)18-16(19)21/h1-8H,9-10H2,(H,18,21). The number of nitrogens with zero attached hydrogens (tertiary/aromatic N) is 1. The smallest absolute Gasteiger partial charge is 0.262 e. The van der Waals surface area contributed by atoms with Gasteiger partial charge in [0.15, 0.2) is 4.77 Å². The summed E-state index contributed by atoms with van der Waals surface area (Å²) in [6.07, 6.45) is 0.419. The Labute approximate surface area is 125 Å². The van der Waals surface area contributed by atoms with Crippen molar-refractivity contribution in [1.29, 1.82) is 0 Å². The molecule has 0 fully saturated rings. The molecule has 0 amide bonds. The maximum atomic E-state index is 13.6. The van der Waals surface area contributed by atoms with Crippen LogP contribution in [0.1, 0.15) is 5.56 Å². The van der Waals surface area contributed by atoms with Crippen molar-refractivity contribution in [2.45, 2.75) is 13.0 Å². The molecule has 0 aliphatic rings. The molecule has 0 aliphatic carbocycles. The third-order valence-corrected chi connectivity index (χ3v) is 3.77. The lowest BCUT2D eigenvalue weighted by Crippen LogP contribution is -2.23. The summed E-state index contributed by atoms with van der Waals surface area (Å²) in [6, 6.07) is 13.8. The quantitative estimate of drug-likeness (QED) is 0.752. The number of hydrogen-bond donors (Lipinski definition) is 1. The highest BCUT2D eigenvalue weighted by atomic mass is 32.1. The van der Waals surface area contributed by atoms with Crippen molar-refractivity contribution in [3.05, 3.63) is 75.0 Å². The van der Waals surface area contributed by atoms with Crippen molar-refractivity contribution in [3.8, 4) is 0 Å². The lowest BCUT2D eigenvalue weighted by Gasteiger charge is -2.08. The van der Waals surface area contributed by atoms with Crippen molar-refractivity contribution in [2.75, 3.05) is 0 Å². The highest BCUT2D eigenvalue weighted by molar-refractivity contribution is 7.71. The predicted octanol–water partition coefficient (Wildman–Crippen LogP) is 3.44. The van der Waals surface area contributed by atoms with Gasteiger partial charge in [0.05, 0.1) is 10.9 Å². The number of rotatable bonds is 3. The summed E-state index contributed by atoms with van der Waals surface area (Å²) in [5.41, 5.74) is 1.15. The predicted molar refractivity (Wildman–Crippen MR) is 83.5 cm³/mol. The first-order chi connectivity index (χ1) is 10.2. The van der Waals surface area contributed by atoms with Crippen LogP contribution in [0.15, 0.2) is 53.3 Å². The van der Waals surface area contributed by atoms with E-state index in [4.69, 9.17) is 12.2 Å². The van der Waals surface area contributed by atoms with Crippen LogP contribution in [0.2, 0.25) is 0 Å². The van der Waals surface area contributed by atoms with Crippen molar-refractivity contribution in [2.24, 2.45) is 0 Å². The molecule has 0 spiro atoms. The van der Waals surface area contributed by atoms with Gasteiger partial charge in [0.2, 0.25) is 0 Å². The second-order valence-electron chi connectivity index (χ2n) is 4.77. The average molecular weight is 300 g/mol. The molecule has 0 unspecified atom stereocenters. The van der Waals surface area contributed by atoms with Crippen molar-refractivity contribution < 1.29 is 4.39 Å². The molecule has 0 bridgehead atoms. The van der Waals surface area contributed by atoms with Gasteiger partial charge in [-0.2, -0.15) is 0 Å². The summed E-state index contributed by atoms with van der Waals surface area (Å²) in [6.45, 7) is 0.347. The average Bonchev–Trinajstić information content (AvgIpc) is 2.49. The number of aromatic nitrogens is 2. The zero-order valence-corrected chi connectivity index (χ0v) is 12.0. The van der Waals surface area contributed by atoms with Gasteiger partial charge in [-0.25, -0.2) is 4.39 Å². The van der Waals surface area contributed by atoms with Gasteiger partial charge in [0.25, 0.3) is 5.56 Å². The molecule has 3 aromatic rings. The molecule has 1 N–H and O–H groups in total. The first-order valence-electron chi connectivity index (χ1n) is 6.62. The maximum absolute atomic E-state index is 13.6. The van der Waals surface area contributed by atoms with Crippen LogP contribution in [0.5, 0.6) is 0 Å². The van der Waals surface area contributed by atoms with Crippen LogP contribution in [0.3, 0.4) is 0 Å². The van der Waals surface area contributed by atoms with E-state index in [0.717, 1.165) is 5.52 Å². The Morgan fingerprint density at radius 2 is 1.81 bits per heavy atom. The SMILES string of the molecule is O=c1c2ccccc2[nH]c(=S)n1CCc1ccccc1F. The van der Waals surface area contributed by atoms with Crippen LogP contribution in [0, 0.1) is 10.6 Å². The molecule has 0 aliphatic heterocycles. The number of aromatic amines is 1. The number of benzene rings is 2. The van der Waals surface area contributed by atoms with E-state index >= 15 is 0 Å². The summed E-state index contributed by atoms with van der Waals surface area (Å²) in [5, 5.41) is 0.583. The van der Waals surface area contributed by atoms with E-state index in [1.165, 1.54) is 10.6 Å². The molecule has 1 heterocycles. The minimum absolute atomic E-state index is 0.148. The van der Waals surface area contributed by atoms with Gasteiger partial charge >= 0.3 is 0 Å². The first kappa shape index (κ1) is 13.7. The second-order valence-corrected chi connectivity index (χ2v) is 5.16. The zero-order chi connectivity index (χ0) is 14.8. The van der Waals surface area contributed by atoms with E-state index in [0.29, 0.717) is 28.7 Å². The van der Waals surface area contributed by atoms with Gasteiger partial charge < -0.3 is 4.98 Å². The Bertz CT molecular complexity index is 914. The van der Waals surface area contributed by atoms with Crippen LogP contribution in [-0.2, 0) is 13.0 Å². The van der Waals surface area contributed by atoms with E-state index < -0.39 is 0 Å². The molecule has 0 atom stereocenters. The van der Waals surface area contributed by atoms with Crippen LogP contribution < -0.4 is 5.56 Å². The van der Waals surface area contributed by atoms with Crippen LogP contribution in [0.25, 0.3) is 10.9 Å². The molecule has 106 valence electrons. The van der Waals surface area contributed by atoms with Gasteiger partial charge in [-0.05, 0) is 42.4 Å². The van der Waals surface area contributed by atoms with E-state index in [9.17, 15) is 9.18 Å². The molecule has 0 radical (unpaired) electrons. The number of H-pyrrole nitrogens is 1. The minimum atomic E-state index is -0.263. The molecular weight excluding hydrogens is 287 g/mol. The Morgan fingerprint density at radius 3 is 2.62 bits per heavy atom. The zero-order valence-electron chi connectivity index (χ0n) is 11.2. The first-order valence-corrected chi connectivity index (χ1v) is 7.03. The Kier molecular flexibility index (Phi) is 3.66. The monoisotopic (exact) mass is 300 g/mol. The fraction of sp³-hybridized carbons (Fsp3) is 0.125. The molecule has 3 nitrogen and oxygen atoms in total. The lowest BCUT2D eigenvalue weighted by atomic mass is 10.1. The van der Waals surface area contributed by atoms with Crippen molar-refractivity contribution in [3.63, 3.8) is 0 Å². The topological polar surface area (TPSA) is 37.8 Å². The summed E-state index contributed by atoms with van der Waals surface area (Å²) in [5.74, 6) is -0.263. The summed E-state index contributed by atoms with van der Waals surface area (Å²) < 4.78 is 15.5. The molecule has 2 aromatic carbocycles. The third-order valence-electron chi connectivity index (χ3n) is 3.45. The number of aryl methyl sites for hydroxylation is 1. The highest BCUT2D eigenvalue weighted by Gasteiger charge is 2.06. The van der Waals surface area contributed by atoms with Crippen LogP contribution in [-0.4, -0.2) is 9.55 Å².